The van der Waals surface area contributed by atoms with Crippen molar-refractivity contribution in [1.82, 2.24) is 24.8 Å². The number of rotatable bonds is 7. The minimum absolute atomic E-state index is 0.104. The van der Waals surface area contributed by atoms with Gasteiger partial charge in [-0.1, -0.05) is 18.6 Å². The molecule has 1 fully saturated rings. The number of ether oxygens (including phenoxy) is 1. The summed E-state index contributed by atoms with van der Waals surface area (Å²) < 4.78 is 86.6. The van der Waals surface area contributed by atoms with E-state index in [2.05, 4.69) is 20.5 Å². The fourth-order valence-electron chi connectivity index (χ4n) is 5.07. The highest BCUT2D eigenvalue weighted by atomic mass is 19.4. The second-order valence-corrected chi connectivity index (χ2v) is 9.99. The van der Waals surface area contributed by atoms with Gasteiger partial charge >= 0.3 is 12.1 Å². The van der Waals surface area contributed by atoms with Gasteiger partial charge < -0.3 is 14.9 Å². The van der Waals surface area contributed by atoms with E-state index < -0.39 is 43.1 Å². The number of carbonyl (C=O) groups excluding carboxylic acids is 1. The molecule has 2 aromatic carbocycles. The fraction of sp³-hybridized carbons (Fsp3) is 0.407. The molecule has 0 radical (unpaired) electrons. The molecule has 3 heterocycles. The van der Waals surface area contributed by atoms with E-state index >= 15 is 4.39 Å². The van der Waals surface area contributed by atoms with Crippen molar-refractivity contribution < 1.29 is 40.7 Å². The number of hydrazone groups is 1. The van der Waals surface area contributed by atoms with E-state index in [4.69, 9.17) is 9.57 Å². The lowest BCUT2D eigenvalue weighted by Crippen LogP contribution is -2.49. The van der Waals surface area contributed by atoms with Gasteiger partial charge in [-0.25, -0.2) is 27.6 Å². The van der Waals surface area contributed by atoms with Crippen LogP contribution in [0.5, 0.6) is 5.75 Å². The molecule has 1 N–H and O–H groups in total. The minimum Gasteiger partial charge on any atom is -0.488 e. The summed E-state index contributed by atoms with van der Waals surface area (Å²) in [7, 11) is 0. The molecule has 0 spiro atoms. The maximum absolute atomic E-state index is 15.1. The summed E-state index contributed by atoms with van der Waals surface area (Å²) >= 11 is 0. The zero-order chi connectivity index (χ0) is 30.9. The number of nitrogens with zero attached hydrogens (tertiary/aromatic N) is 6. The summed E-state index contributed by atoms with van der Waals surface area (Å²) in [6.45, 7) is 2.86. The number of aryl methyl sites for hydroxylation is 2. The topological polar surface area (TPSA) is 97.1 Å². The highest BCUT2D eigenvalue weighted by Gasteiger charge is 2.49. The molecule has 0 saturated carbocycles. The molecule has 3 aromatic rings. The highest BCUT2D eigenvalue weighted by molar-refractivity contribution is 5.95. The average molecular weight is 612 g/mol. The number of alkyl halides is 5. The molecule has 230 valence electrons. The normalized spacial score (nSPS) is 18.8. The number of guanidine groups is 1. The molecule has 10 nitrogen and oxygen atoms in total. The van der Waals surface area contributed by atoms with Crippen molar-refractivity contribution in [2.45, 2.75) is 57.8 Å². The number of hydrogen-bond acceptors (Lipinski definition) is 9. The van der Waals surface area contributed by atoms with Gasteiger partial charge in [-0.15, -0.1) is 10.2 Å². The fourth-order valence-corrected chi connectivity index (χ4v) is 5.07. The average Bonchev–Trinajstić information content (AvgIpc) is 3.36. The zero-order valence-electron chi connectivity index (χ0n) is 23.0. The molecule has 5 rings (SSSR count). The Kier molecular flexibility index (Phi) is 8.37. The number of fused-ring (bicyclic) bond motifs is 1. The van der Waals surface area contributed by atoms with Crippen molar-refractivity contribution in [3.05, 3.63) is 65.5 Å². The van der Waals surface area contributed by atoms with Gasteiger partial charge in [0.2, 0.25) is 0 Å². The zero-order valence-corrected chi connectivity index (χ0v) is 23.0. The lowest BCUT2D eigenvalue weighted by atomic mass is 9.91. The number of carbonyl (C=O) groups is 1. The van der Waals surface area contributed by atoms with Crippen LogP contribution in [0.2, 0.25) is 0 Å². The molecule has 1 aromatic heterocycles. The minimum atomic E-state index is -5.30. The summed E-state index contributed by atoms with van der Waals surface area (Å²) in [5.74, 6) is -2.84. The standard InChI is InChI=1S/C27H27F6N7O3/c1-15-34-16(2)39(36-15)22-11-8-18(13-21(22)28)35-26-37-38-12-4-3-5-20(24(38)40(26)43-25(41)27(31,32)33)17-6-9-19(10-7-17)42-14-23(29)30/h6-11,13,20,23-24H,3-5,12,14H2,1-2H3,(H,35,37). The summed E-state index contributed by atoms with van der Waals surface area (Å²) in [6, 6.07) is 10.2. The monoisotopic (exact) mass is 611 g/mol. The Morgan fingerprint density at radius 2 is 1.86 bits per heavy atom. The third-order valence-corrected chi connectivity index (χ3v) is 6.89. The molecule has 43 heavy (non-hydrogen) atoms. The van der Waals surface area contributed by atoms with Crippen LogP contribution in [0.3, 0.4) is 0 Å². The van der Waals surface area contributed by atoms with Crippen molar-refractivity contribution >= 4 is 17.6 Å². The molecule has 0 aliphatic carbocycles. The Morgan fingerprint density at radius 3 is 2.49 bits per heavy atom. The molecule has 0 amide bonds. The molecule has 2 aliphatic rings. The van der Waals surface area contributed by atoms with Gasteiger partial charge in [-0.2, -0.15) is 18.3 Å². The Labute approximate surface area is 241 Å². The summed E-state index contributed by atoms with van der Waals surface area (Å²) in [5, 5.41) is 13.6. The first-order chi connectivity index (χ1) is 20.4. The van der Waals surface area contributed by atoms with Crippen LogP contribution in [0.4, 0.5) is 32.0 Å². The van der Waals surface area contributed by atoms with Crippen LogP contribution in [-0.2, 0) is 9.63 Å². The Balaban J connectivity index is 1.44. The summed E-state index contributed by atoms with van der Waals surface area (Å²) in [6.07, 6.45) is -7.14. The quantitative estimate of drug-likeness (QED) is 0.361. The van der Waals surface area contributed by atoms with E-state index in [1.54, 1.807) is 26.0 Å². The SMILES string of the molecule is Cc1nc(C)n(-c2ccc(NC3=NN4CCCCC(c5ccc(OCC(F)F)cc5)C4N3OC(=O)C(F)(F)F)cc2F)n1. The Morgan fingerprint density at radius 1 is 1.12 bits per heavy atom. The van der Waals surface area contributed by atoms with Gasteiger partial charge in [0.25, 0.3) is 12.4 Å². The van der Waals surface area contributed by atoms with Gasteiger partial charge in [0.05, 0.1) is 0 Å². The second-order valence-electron chi connectivity index (χ2n) is 9.99. The molecule has 2 aliphatic heterocycles. The van der Waals surface area contributed by atoms with Gasteiger partial charge in [0.15, 0.2) is 12.0 Å². The first-order valence-corrected chi connectivity index (χ1v) is 13.3. The lowest BCUT2D eigenvalue weighted by molar-refractivity contribution is -0.235. The van der Waals surface area contributed by atoms with Crippen LogP contribution in [0.25, 0.3) is 5.69 Å². The van der Waals surface area contributed by atoms with Gasteiger partial charge in [0.1, 0.15) is 29.7 Å². The molecule has 0 bridgehead atoms. The van der Waals surface area contributed by atoms with Crippen molar-refractivity contribution in [2.75, 3.05) is 18.5 Å². The van der Waals surface area contributed by atoms with Crippen LogP contribution in [0.1, 0.15) is 42.4 Å². The third kappa shape index (κ3) is 6.62. The van der Waals surface area contributed by atoms with Crippen LogP contribution in [-0.4, -0.2) is 68.7 Å². The van der Waals surface area contributed by atoms with Crippen molar-refractivity contribution in [1.29, 1.82) is 0 Å². The second kappa shape index (κ2) is 12.0. The lowest BCUT2D eigenvalue weighted by Gasteiger charge is -2.34. The number of nitrogens with one attached hydrogen (secondary N) is 1. The largest absolute Gasteiger partial charge is 0.493 e. The Bertz CT molecular complexity index is 1500. The predicted molar refractivity (Wildman–Crippen MR) is 141 cm³/mol. The van der Waals surface area contributed by atoms with E-state index in [1.807, 2.05) is 0 Å². The van der Waals surface area contributed by atoms with Crippen LogP contribution >= 0.6 is 0 Å². The molecular formula is C27H27F6N7O3. The maximum atomic E-state index is 15.1. The van der Waals surface area contributed by atoms with Gasteiger partial charge in [0, 0.05) is 18.2 Å². The van der Waals surface area contributed by atoms with E-state index in [-0.39, 0.29) is 23.1 Å². The number of hydrogen-bond donors (Lipinski definition) is 1. The van der Waals surface area contributed by atoms with Crippen molar-refractivity contribution in [3.63, 3.8) is 0 Å². The van der Waals surface area contributed by atoms with E-state index in [9.17, 15) is 26.7 Å². The molecular weight excluding hydrogens is 584 g/mol. The van der Waals surface area contributed by atoms with Gasteiger partial charge in [-0.3, -0.25) is 5.01 Å². The number of aromatic nitrogens is 3. The maximum Gasteiger partial charge on any atom is 0.493 e. The number of hydroxylamine groups is 2. The first-order valence-electron chi connectivity index (χ1n) is 13.3. The Hall–Kier alpha value is -4.50. The first kappa shape index (κ1) is 30.0. The summed E-state index contributed by atoms with van der Waals surface area (Å²) in [4.78, 5) is 21.1. The van der Waals surface area contributed by atoms with Crippen LogP contribution in [0.15, 0.2) is 47.6 Å². The molecule has 1 saturated heterocycles. The molecule has 2 unspecified atom stereocenters. The molecule has 2 atom stereocenters. The van der Waals surface area contributed by atoms with Crippen LogP contribution < -0.4 is 10.1 Å². The van der Waals surface area contributed by atoms with Crippen molar-refractivity contribution in [3.8, 4) is 11.4 Å². The highest BCUT2D eigenvalue weighted by Crippen LogP contribution is 2.38. The third-order valence-electron chi connectivity index (χ3n) is 6.89. The smallest absolute Gasteiger partial charge is 0.488 e. The number of halogens is 6. The predicted octanol–water partition coefficient (Wildman–Crippen LogP) is 5.28. The van der Waals surface area contributed by atoms with E-state index in [1.165, 1.54) is 34.0 Å². The number of anilines is 1. The van der Waals surface area contributed by atoms with E-state index in [0.717, 1.165) is 11.1 Å². The van der Waals surface area contributed by atoms with Gasteiger partial charge in [-0.05, 0) is 62.6 Å². The van der Waals surface area contributed by atoms with Crippen molar-refractivity contribution in [2.24, 2.45) is 5.10 Å². The molecule has 16 heteroatoms. The summed E-state index contributed by atoms with van der Waals surface area (Å²) in [5.41, 5.74) is 0.865. The number of benzene rings is 2. The van der Waals surface area contributed by atoms with Crippen LogP contribution in [0, 0.1) is 19.7 Å². The van der Waals surface area contributed by atoms with E-state index in [0.29, 0.717) is 43.0 Å².